The highest BCUT2D eigenvalue weighted by molar-refractivity contribution is 7.88. The first-order chi connectivity index (χ1) is 13.4. The lowest BCUT2D eigenvalue weighted by Crippen LogP contribution is -2.44. The molecule has 1 fully saturated rings. The van der Waals surface area contributed by atoms with Crippen LogP contribution >= 0.6 is 0 Å². The molecule has 1 heterocycles. The van der Waals surface area contributed by atoms with Gasteiger partial charge in [-0.3, -0.25) is 0 Å². The number of nitrogens with one attached hydrogen (secondary N) is 1. The molecule has 2 aromatic carbocycles. The van der Waals surface area contributed by atoms with Crippen LogP contribution in [0.5, 0.6) is 0 Å². The topological polar surface area (TPSA) is 81.7 Å². The highest BCUT2D eigenvalue weighted by atomic mass is 32.2. The Kier molecular flexibility index (Phi) is 6.49. The first kappa shape index (κ1) is 20.5. The summed E-state index contributed by atoms with van der Waals surface area (Å²) in [5.74, 6) is -0.590. The molecule has 0 amide bonds. The fourth-order valence-corrected chi connectivity index (χ4v) is 4.72. The molecule has 0 spiro atoms. The number of ether oxygens (including phenoxy) is 2. The standard InChI is InChI=1S/C21H25NO5S/c1-26-20(23)18-9-7-17(8-10-18)15-28(24,25)22-16-21(11-13-27-14-12-21)19-5-3-2-4-6-19/h2-10,22H,11-16H2,1H3. The molecule has 6 nitrogen and oxygen atoms in total. The van der Waals surface area contributed by atoms with Gasteiger partial charge in [0.1, 0.15) is 0 Å². The Morgan fingerprint density at radius 2 is 1.71 bits per heavy atom. The molecular weight excluding hydrogens is 378 g/mol. The minimum absolute atomic E-state index is 0.143. The lowest BCUT2D eigenvalue weighted by molar-refractivity contribution is 0.0517. The van der Waals surface area contributed by atoms with Crippen molar-refractivity contribution in [2.24, 2.45) is 0 Å². The van der Waals surface area contributed by atoms with Crippen LogP contribution in [0.3, 0.4) is 0 Å². The second-order valence-corrected chi connectivity index (χ2v) is 8.83. The van der Waals surface area contributed by atoms with Crippen LogP contribution in [0.25, 0.3) is 0 Å². The van der Waals surface area contributed by atoms with E-state index in [4.69, 9.17) is 4.74 Å². The average Bonchev–Trinajstić information content (AvgIpc) is 2.73. The number of hydrogen-bond acceptors (Lipinski definition) is 5. The summed E-state index contributed by atoms with van der Waals surface area (Å²) in [6.07, 6.45) is 1.54. The van der Waals surface area contributed by atoms with E-state index in [2.05, 4.69) is 9.46 Å². The Bertz CT molecular complexity index is 888. The van der Waals surface area contributed by atoms with Crippen molar-refractivity contribution in [1.29, 1.82) is 0 Å². The first-order valence-corrected chi connectivity index (χ1v) is 10.9. The van der Waals surface area contributed by atoms with Crippen molar-refractivity contribution in [2.45, 2.75) is 24.0 Å². The van der Waals surface area contributed by atoms with Gasteiger partial charge in [0, 0.05) is 25.2 Å². The molecule has 1 saturated heterocycles. The van der Waals surface area contributed by atoms with Crippen LogP contribution in [-0.4, -0.2) is 41.3 Å². The lowest BCUT2D eigenvalue weighted by atomic mass is 9.74. The number of methoxy groups -OCH3 is 1. The molecule has 1 aliphatic rings. The van der Waals surface area contributed by atoms with E-state index in [1.807, 2.05) is 30.3 Å². The van der Waals surface area contributed by atoms with E-state index in [0.717, 1.165) is 18.4 Å². The molecule has 1 N–H and O–H groups in total. The summed E-state index contributed by atoms with van der Waals surface area (Å²) < 4.78 is 38.3. The van der Waals surface area contributed by atoms with Crippen molar-refractivity contribution in [1.82, 2.24) is 4.72 Å². The summed E-state index contributed by atoms with van der Waals surface area (Å²) in [6.45, 7) is 1.57. The molecule has 2 aromatic rings. The number of sulfonamides is 1. The smallest absolute Gasteiger partial charge is 0.337 e. The van der Waals surface area contributed by atoms with Crippen molar-refractivity contribution in [3.63, 3.8) is 0 Å². The Hall–Kier alpha value is -2.22. The molecule has 28 heavy (non-hydrogen) atoms. The monoisotopic (exact) mass is 403 g/mol. The zero-order valence-electron chi connectivity index (χ0n) is 15.9. The predicted octanol–water partition coefficient (Wildman–Crippen LogP) is 2.64. The minimum atomic E-state index is -3.53. The maximum absolute atomic E-state index is 12.7. The Morgan fingerprint density at radius 3 is 2.32 bits per heavy atom. The van der Waals surface area contributed by atoms with Gasteiger partial charge in [0.2, 0.25) is 10.0 Å². The average molecular weight is 404 g/mol. The Morgan fingerprint density at radius 1 is 1.07 bits per heavy atom. The van der Waals surface area contributed by atoms with Gasteiger partial charge in [-0.25, -0.2) is 17.9 Å². The molecule has 0 radical (unpaired) electrons. The van der Waals surface area contributed by atoms with Crippen molar-refractivity contribution in [3.8, 4) is 0 Å². The molecule has 0 aromatic heterocycles. The van der Waals surface area contributed by atoms with E-state index in [-0.39, 0.29) is 11.2 Å². The summed E-state index contributed by atoms with van der Waals surface area (Å²) in [7, 11) is -2.22. The van der Waals surface area contributed by atoms with Gasteiger partial charge in [-0.05, 0) is 36.1 Å². The van der Waals surface area contributed by atoms with E-state index in [9.17, 15) is 13.2 Å². The molecule has 0 atom stereocenters. The van der Waals surface area contributed by atoms with Crippen molar-refractivity contribution in [2.75, 3.05) is 26.9 Å². The largest absolute Gasteiger partial charge is 0.465 e. The van der Waals surface area contributed by atoms with Gasteiger partial charge in [0.25, 0.3) is 0 Å². The van der Waals surface area contributed by atoms with E-state index < -0.39 is 16.0 Å². The summed E-state index contributed by atoms with van der Waals surface area (Å²) in [6, 6.07) is 16.4. The normalized spacial score (nSPS) is 16.5. The quantitative estimate of drug-likeness (QED) is 0.719. The molecule has 0 aliphatic carbocycles. The van der Waals surface area contributed by atoms with E-state index in [0.29, 0.717) is 30.9 Å². The SMILES string of the molecule is COC(=O)c1ccc(CS(=O)(=O)NCC2(c3ccccc3)CCOCC2)cc1. The van der Waals surface area contributed by atoms with E-state index in [1.54, 1.807) is 24.3 Å². The van der Waals surface area contributed by atoms with Crippen LogP contribution in [0.15, 0.2) is 54.6 Å². The number of carbonyl (C=O) groups is 1. The van der Waals surface area contributed by atoms with Gasteiger partial charge in [-0.2, -0.15) is 0 Å². The predicted molar refractivity (Wildman–Crippen MR) is 107 cm³/mol. The molecule has 0 bridgehead atoms. The van der Waals surface area contributed by atoms with Crippen LogP contribution in [0, 0.1) is 0 Å². The van der Waals surface area contributed by atoms with Gasteiger partial charge < -0.3 is 9.47 Å². The zero-order chi connectivity index (χ0) is 20.0. The fourth-order valence-electron chi connectivity index (χ4n) is 3.49. The Labute approximate surface area is 165 Å². The third-order valence-electron chi connectivity index (χ3n) is 5.20. The van der Waals surface area contributed by atoms with Gasteiger partial charge >= 0.3 is 5.97 Å². The van der Waals surface area contributed by atoms with Crippen LogP contribution in [0.4, 0.5) is 0 Å². The van der Waals surface area contributed by atoms with Crippen molar-refractivity contribution < 1.29 is 22.7 Å². The van der Waals surface area contributed by atoms with Gasteiger partial charge in [0.15, 0.2) is 0 Å². The maximum atomic E-state index is 12.7. The molecule has 3 rings (SSSR count). The highest BCUT2D eigenvalue weighted by Crippen LogP contribution is 2.34. The van der Waals surface area contributed by atoms with Crippen LogP contribution in [-0.2, 0) is 30.7 Å². The molecule has 7 heteroatoms. The number of carbonyl (C=O) groups excluding carboxylic acids is 1. The van der Waals surface area contributed by atoms with Gasteiger partial charge in [-0.15, -0.1) is 0 Å². The highest BCUT2D eigenvalue weighted by Gasteiger charge is 2.35. The number of esters is 1. The van der Waals surface area contributed by atoms with Gasteiger partial charge in [0.05, 0.1) is 18.4 Å². The fraction of sp³-hybridized carbons (Fsp3) is 0.381. The third-order valence-corrected chi connectivity index (χ3v) is 6.50. The van der Waals surface area contributed by atoms with Crippen LogP contribution in [0.1, 0.15) is 34.3 Å². The molecule has 0 unspecified atom stereocenters. The third kappa shape index (κ3) is 4.98. The summed E-state index contributed by atoms with van der Waals surface area (Å²) in [5.41, 5.74) is 1.87. The molecular formula is C21H25NO5S. The molecule has 0 saturated carbocycles. The van der Waals surface area contributed by atoms with Gasteiger partial charge in [-0.1, -0.05) is 42.5 Å². The lowest BCUT2D eigenvalue weighted by Gasteiger charge is -2.37. The first-order valence-electron chi connectivity index (χ1n) is 9.22. The minimum Gasteiger partial charge on any atom is -0.465 e. The summed E-state index contributed by atoms with van der Waals surface area (Å²) in [5, 5.41) is 0. The Balaban J connectivity index is 1.70. The number of rotatable bonds is 7. The van der Waals surface area contributed by atoms with E-state index >= 15 is 0 Å². The van der Waals surface area contributed by atoms with Crippen LogP contribution in [0.2, 0.25) is 0 Å². The maximum Gasteiger partial charge on any atom is 0.337 e. The number of hydrogen-bond donors (Lipinski definition) is 1. The van der Waals surface area contributed by atoms with Crippen molar-refractivity contribution >= 4 is 16.0 Å². The molecule has 1 aliphatic heterocycles. The van der Waals surface area contributed by atoms with E-state index in [1.165, 1.54) is 7.11 Å². The second kappa shape index (κ2) is 8.86. The van der Waals surface area contributed by atoms with Crippen molar-refractivity contribution in [3.05, 3.63) is 71.3 Å². The second-order valence-electron chi connectivity index (χ2n) is 7.03. The summed E-state index contributed by atoms with van der Waals surface area (Å²) in [4.78, 5) is 11.5. The summed E-state index contributed by atoms with van der Waals surface area (Å²) >= 11 is 0. The zero-order valence-corrected chi connectivity index (χ0v) is 16.7. The number of benzene rings is 2. The van der Waals surface area contributed by atoms with Crippen LogP contribution < -0.4 is 4.72 Å². The molecule has 150 valence electrons.